The summed E-state index contributed by atoms with van der Waals surface area (Å²) in [6.07, 6.45) is 0. The first-order chi connectivity index (χ1) is 9.10. The van der Waals surface area contributed by atoms with Crippen LogP contribution in [0.5, 0.6) is 0 Å². The van der Waals surface area contributed by atoms with E-state index in [2.05, 4.69) is 22.0 Å². The molecule has 0 spiro atoms. The number of aromatic carboxylic acids is 1. The molecule has 0 saturated carbocycles. The Labute approximate surface area is 123 Å². The molecule has 0 aromatic heterocycles. The first-order valence-corrected chi connectivity index (χ1v) is 6.92. The van der Waals surface area contributed by atoms with Crippen molar-refractivity contribution in [1.29, 1.82) is 5.26 Å². The van der Waals surface area contributed by atoms with E-state index in [0.717, 1.165) is 14.3 Å². The zero-order chi connectivity index (χ0) is 13.8. The van der Waals surface area contributed by atoms with Crippen molar-refractivity contribution in [3.63, 3.8) is 0 Å². The molecule has 2 aromatic carbocycles. The van der Waals surface area contributed by atoms with Crippen LogP contribution in [0.2, 0.25) is 0 Å². The predicted octanol–water partition coefficient (Wildman–Crippen LogP) is 4.17. The van der Waals surface area contributed by atoms with Crippen LogP contribution in [0.25, 0.3) is 0 Å². The van der Waals surface area contributed by atoms with Gasteiger partial charge in [-0.3, -0.25) is 0 Å². The summed E-state index contributed by atoms with van der Waals surface area (Å²) in [4.78, 5) is 12.5. The van der Waals surface area contributed by atoms with Gasteiger partial charge < -0.3 is 5.11 Å². The smallest absolute Gasteiger partial charge is 0.335 e. The van der Waals surface area contributed by atoms with Crippen LogP contribution < -0.4 is 0 Å². The van der Waals surface area contributed by atoms with E-state index >= 15 is 0 Å². The van der Waals surface area contributed by atoms with Crippen LogP contribution in [-0.2, 0) is 0 Å². The van der Waals surface area contributed by atoms with Gasteiger partial charge in [-0.25, -0.2) is 4.79 Å². The Morgan fingerprint density at radius 3 is 2.47 bits per heavy atom. The normalized spacial score (nSPS) is 9.89. The van der Waals surface area contributed by atoms with Crippen LogP contribution in [0.15, 0.2) is 56.7 Å². The molecule has 0 aliphatic rings. The molecule has 0 aliphatic heterocycles. The van der Waals surface area contributed by atoms with E-state index < -0.39 is 5.97 Å². The maximum atomic E-state index is 10.8. The Morgan fingerprint density at radius 2 is 1.89 bits per heavy atom. The lowest BCUT2D eigenvalue weighted by atomic mass is 10.2. The SMILES string of the molecule is N#Cc1ccc(Br)cc1Sc1ccc(C(=O)O)cc1. The lowest BCUT2D eigenvalue weighted by Gasteiger charge is -2.05. The summed E-state index contributed by atoms with van der Waals surface area (Å²) in [7, 11) is 0. The molecule has 0 unspecified atom stereocenters. The molecule has 0 bridgehead atoms. The molecule has 2 aromatic rings. The third-order valence-electron chi connectivity index (χ3n) is 2.39. The number of carboxylic acids is 1. The monoisotopic (exact) mass is 333 g/mol. The van der Waals surface area contributed by atoms with Gasteiger partial charge in [-0.1, -0.05) is 27.7 Å². The van der Waals surface area contributed by atoms with Crippen molar-refractivity contribution in [2.24, 2.45) is 0 Å². The van der Waals surface area contributed by atoms with E-state index in [9.17, 15) is 4.79 Å². The summed E-state index contributed by atoms with van der Waals surface area (Å²) < 4.78 is 0.899. The lowest BCUT2D eigenvalue weighted by Crippen LogP contribution is -1.94. The maximum absolute atomic E-state index is 10.8. The highest BCUT2D eigenvalue weighted by Gasteiger charge is 2.06. The molecule has 0 heterocycles. The number of carbonyl (C=O) groups is 1. The second kappa shape index (κ2) is 5.91. The summed E-state index contributed by atoms with van der Waals surface area (Å²) in [5.74, 6) is -0.947. The molecule has 94 valence electrons. The van der Waals surface area contributed by atoms with Gasteiger partial charge in [0.25, 0.3) is 0 Å². The largest absolute Gasteiger partial charge is 0.478 e. The van der Waals surface area contributed by atoms with Crippen LogP contribution in [0.4, 0.5) is 0 Å². The molecule has 0 atom stereocenters. The highest BCUT2D eigenvalue weighted by Crippen LogP contribution is 2.32. The number of rotatable bonds is 3. The van der Waals surface area contributed by atoms with Gasteiger partial charge in [-0.15, -0.1) is 0 Å². The second-order valence-electron chi connectivity index (χ2n) is 3.68. The Balaban J connectivity index is 2.28. The standard InChI is InChI=1S/C14H8BrNO2S/c15-11-4-1-10(8-16)13(7-11)19-12-5-2-9(3-6-12)14(17)18/h1-7H,(H,17,18). The van der Waals surface area contributed by atoms with Gasteiger partial charge in [0.15, 0.2) is 0 Å². The minimum Gasteiger partial charge on any atom is -0.478 e. The molecule has 0 fully saturated rings. The maximum Gasteiger partial charge on any atom is 0.335 e. The number of nitriles is 1. The first kappa shape index (κ1) is 13.7. The van der Waals surface area contributed by atoms with Gasteiger partial charge in [0.2, 0.25) is 0 Å². The van der Waals surface area contributed by atoms with E-state index in [-0.39, 0.29) is 5.56 Å². The van der Waals surface area contributed by atoms with Crippen molar-refractivity contribution in [1.82, 2.24) is 0 Å². The molecule has 0 aliphatic carbocycles. The highest BCUT2D eigenvalue weighted by molar-refractivity contribution is 9.10. The number of nitrogens with zero attached hydrogens (tertiary/aromatic N) is 1. The Kier molecular flexibility index (Phi) is 4.25. The quantitative estimate of drug-likeness (QED) is 0.915. The first-order valence-electron chi connectivity index (χ1n) is 5.31. The Bertz CT molecular complexity index is 662. The van der Waals surface area contributed by atoms with Crippen LogP contribution in [0, 0.1) is 11.3 Å². The molecular weight excluding hydrogens is 326 g/mol. The summed E-state index contributed by atoms with van der Waals surface area (Å²) in [6.45, 7) is 0. The fourth-order valence-corrected chi connectivity index (χ4v) is 2.91. The zero-order valence-electron chi connectivity index (χ0n) is 9.63. The zero-order valence-corrected chi connectivity index (χ0v) is 12.0. The Morgan fingerprint density at radius 1 is 1.21 bits per heavy atom. The third kappa shape index (κ3) is 3.37. The van der Waals surface area contributed by atoms with Gasteiger partial charge in [-0.05, 0) is 42.5 Å². The summed E-state index contributed by atoms with van der Waals surface area (Å²) in [5, 5.41) is 17.9. The fourth-order valence-electron chi connectivity index (χ4n) is 1.47. The number of carboxylic acid groups (broad SMARTS) is 1. The van der Waals surface area contributed by atoms with E-state index in [4.69, 9.17) is 10.4 Å². The van der Waals surface area contributed by atoms with Crippen LogP contribution >= 0.6 is 27.7 Å². The Hall–Kier alpha value is -1.77. The molecule has 0 radical (unpaired) electrons. The molecule has 0 amide bonds. The topological polar surface area (TPSA) is 61.1 Å². The fraction of sp³-hybridized carbons (Fsp3) is 0. The second-order valence-corrected chi connectivity index (χ2v) is 5.71. The highest BCUT2D eigenvalue weighted by atomic mass is 79.9. The van der Waals surface area contributed by atoms with Crippen LogP contribution in [-0.4, -0.2) is 11.1 Å². The van der Waals surface area contributed by atoms with Gasteiger partial charge in [0.1, 0.15) is 6.07 Å². The number of benzene rings is 2. The van der Waals surface area contributed by atoms with E-state index in [1.165, 1.54) is 11.8 Å². The van der Waals surface area contributed by atoms with Gasteiger partial charge in [0, 0.05) is 14.3 Å². The molecule has 3 nitrogen and oxygen atoms in total. The van der Waals surface area contributed by atoms with Gasteiger partial charge in [-0.2, -0.15) is 5.26 Å². The number of halogens is 1. The van der Waals surface area contributed by atoms with Crippen molar-refractivity contribution in [2.75, 3.05) is 0 Å². The number of hydrogen-bond acceptors (Lipinski definition) is 3. The van der Waals surface area contributed by atoms with Crippen LogP contribution in [0.3, 0.4) is 0 Å². The molecule has 19 heavy (non-hydrogen) atoms. The van der Waals surface area contributed by atoms with Gasteiger partial charge >= 0.3 is 5.97 Å². The molecule has 5 heteroatoms. The number of hydrogen-bond donors (Lipinski definition) is 1. The third-order valence-corrected chi connectivity index (χ3v) is 3.95. The minimum atomic E-state index is -0.947. The summed E-state index contributed by atoms with van der Waals surface area (Å²) in [6, 6.07) is 14.1. The van der Waals surface area contributed by atoms with Crippen molar-refractivity contribution in [3.05, 3.63) is 58.1 Å². The van der Waals surface area contributed by atoms with Crippen molar-refractivity contribution >= 4 is 33.7 Å². The van der Waals surface area contributed by atoms with E-state index in [1.54, 1.807) is 30.3 Å². The molecule has 1 N–H and O–H groups in total. The van der Waals surface area contributed by atoms with Gasteiger partial charge in [0.05, 0.1) is 11.1 Å². The predicted molar refractivity (Wildman–Crippen MR) is 76.4 cm³/mol. The summed E-state index contributed by atoms with van der Waals surface area (Å²) >= 11 is 4.80. The molecular formula is C14H8BrNO2S. The van der Waals surface area contributed by atoms with E-state index in [0.29, 0.717) is 5.56 Å². The lowest BCUT2D eigenvalue weighted by molar-refractivity contribution is 0.0697. The molecule has 0 saturated heterocycles. The minimum absolute atomic E-state index is 0.249. The van der Waals surface area contributed by atoms with Crippen molar-refractivity contribution in [2.45, 2.75) is 9.79 Å². The van der Waals surface area contributed by atoms with E-state index in [1.807, 2.05) is 12.1 Å². The van der Waals surface area contributed by atoms with Crippen molar-refractivity contribution < 1.29 is 9.90 Å². The molecule has 2 rings (SSSR count). The average Bonchev–Trinajstić information content (AvgIpc) is 2.39. The van der Waals surface area contributed by atoms with Crippen molar-refractivity contribution in [3.8, 4) is 6.07 Å². The van der Waals surface area contributed by atoms with Crippen LogP contribution in [0.1, 0.15) is 15.9 Å². The average molecular weight is 334 g/mol. The summed E-state index contributed by atoms with van der Waals surface area (Å²) in [5.41, 5.74) is 0.842.